The van der Waals surface area contributed by atoms with E-state index in [1.165, 1.54) is 11.3 Å². The molecule has 0 spiro atoms. The van der Waals surface area contributed by atoms with E-state index in [0.29, 0.717) is 48.8 Å². The Morgan fingerprint density at radius 1 is 1.22 bits per heavy atom. The second kappa shape index (κ2) is 9.79. The zero-order valence-corrected chi connectivity index (χ0v) is 20.3. The number of aromatic nitrogens is 2. The highest BCUT2D eigenvalue weighted by molar-refractivity contribution is 7.20. The highest BCUT2D eigenvalue weighted by atomic mass is 35.5. The number of fused-ring (bicyclic) bond motifs is 1. The number of nitrogens with zero attached hydrogens (tertiary/aromatic N) is 3. The smallest absolute Gasteiger partial charge is 0.261 e. The van der Waals surface area contributed by atoms with Gasteiger partial charge in [-0.25, -0.2) is 9.97 Å². The van der Waals surface area contributed by atoms with Crippen molar-refractivity contribution >= 4 is 56.6 Å². The Balaban J connectivity index is 1.67. The monoisotopic (exact) mass is 493 g/mol. The van der Waals surface area contributed by atoms with Gasteiger partial charge in [0.1, 0.15) is 17.2 Å². The van der Waals surface area contributed by atoms with Crippen molar-refractivity contribution in [1.82, 2.24) is 20.2 Å². The molecule has 0 bridgehead atoms. The Morgan fingerprint density at radius 3 is 2.66 bits per heavy atom. The number of hydrogen-bond acceptors (Lipinski definition) is 7. The summed E-state index contributed by atoms with van der Waals surface area (Å²) >= 11 is 14.2. The zero-order chi connectivity index (χ0) is 22.8. The predicted octanol–water partition coefficient (Wildman–Crippen LogP) is 4.86. The van der Waals surface area contributed by atoms with Gasteiger partial charge in [0.2, 0.25) is 5.95 Å². The van der Waals surface area contributed by atoms with E-state index in [-0.39, 0.29) is 17.9 Å². The maximum atomic E-state index is 12.5. The Bertz CT molecular complexity index is 1150. The second-order valence-electron chi connectivity index (χ2n) is 7.65. The molecule has 1 fully saturated rings. The van der Waals surface area contributed by atoms with Crippen molar-refractivity contribution in [2.75, 3.05) is 32.0 Å². The quantitative estimate of drug-likeness (QED) is 0.441. The van der Waals surface area contributed by atoms with Gasteiger partial charge in [-0.05, 0) is 44.1 Å². The Kier molecular flexibility index (Phi) is 7.05. The molecule has 7 nitrogen and oxygen atoms in total. The standard InChI is InChI=1S/C22H25Cl2N5O2S/c1-3-29(4-2)7-8-31-17-9-13(15(23)11-16(17)24)19-14-10-18(20(30)26-12-5-6-12)32-21(14)28-22(25)27-19/h9-12H,3-8H2,1-2H3,(H,26,30)(H2,25,27,28). The number of halogens is 2. The molecule has 1 aliphatic rings. The summed E-state index contributed by atoms with van der Waals surface area (Å²) in [6.07, 6.45) is 2.04. The van der Waals surface area contributed by atoms with Crippen LogP contribution in [0.2, 0.25) is 10.0 Å². The van der Waals surface area contributed by atoms with Gasteiger partial charge in [-0.15, -0.1) is 11.3 Å². The molecule has 2 heterocycles. The fourth-order valence-corrected chi connectivity index (χ4v) is 4.85. The van der Waals surface area contributed by atoms with Crippen molar-refractivity contribution in [3.8, 4) is 17.0 Å². The molecule has 10 heteroatoms. The number of rotatable bonds is 9. The predicted molar refractivity (Wildman–Crippen MR) is 131 cm³/mol. The van der Waals surface area contributed by atoms with Crippen molar-refractivity contribution in [3.05, 3.63) is 33.1 Å². The molecule has 3 N–H and O–H groups in total. The minimum Gasteiger partial charge on any atom is -0.491 e. The van der Waals surface area contributed by atoms with Crippen LogP contribution < -0.4 is 15.8 Å². The van der Waals surface area contributed by atoms with Gasteiger partial charge in [-0.1, -0.05) is 37.0 Å². The first-order valence-corrected chi connectivity index (χ1v) is 12.2. The van der Waals surface area contributed by atoms with Crippen LogP contribution in [0, 0.1) is 0 Å². The molecule has 0 saturated heterocycles. The summed E-state index contributed by atoms with van der Waals surface area (Å²) in [5.41, 5.74) is 7.15. The van der Waals surface area contributed by atoms with Crippen molar-refractivity contribution in [2.24, 2.45) is 0 Å². The van der Waals surface area contributed by atoms with E-state index in [4.69, 9.17) is 33.7 Å². The van der Waals surface area contributed by atoms with Gasteiger partial charge in [-0.3, -0.25) is 4.79 Å². The normalized spacial score (nSPS) is 13.7. The van der Waals surface area contributed by atoms with E-state index in [1.54, 1.807) is 18.2 Å². The van der Waals surface area contributed by atoms with E-state index >= 15 is 0 Å². The number of nitrogen functional groups attached to an aromatic ring is 1. The number of carbonyl (C=O) groups is 1. The summed E-state index contributed by atoms with van der Waals surface area (Å²) in [6.45, 7) is 7.41. The number of thiophene rings is 1. The van der Waals surface area contributed by atoms with Gasteiger partial charge < -0.3 is 20.7 Å². The second-order valence-corrected chi connectivity index (χ2v) is 9.49. The van der Waals surface area contributed by atoms with Crippen LogP contribution in [0.25, 0.3) is 21.5 Å². The number of nitrogens with one attached hydrogen (secondary N) is 1. The molecule has 170 valence electrons. The number of benzene rings is 1. The van der Waals surface area contributed by atoms with Crippen LogP contribution in [-0.4, -0.2) is 53.1 Å². The van der Waals surface area contributed by atoms with E-state index < -0.39 is 0 Å². The molecule has 1 aliphatic carbocycles. The Labute approximate surface area is 200 Å². The molecular formula is C22H25Cl2N5O2S. The fraction of sp³-hybridized carbons (Fsp3) is 0.409. The molecule has 1 saturated carbocycles. The Hall–Kier alpha value is -2.13. The molecule has 1 amide bonds. The third-order valence-electron chi connectivity index (χ3n) is 5.38. The van der Waals surface area contributed by atoms with Gasteiger partial charge >= 0.3 is 0 Å². The van der Waals surface area contributed by atoms with Crippen molar-refractivity contribution in [1.29, 1.82) is 0 Å². The van der Waals surface area contributed by atoms with Crippen molar-refractivity contribution < 1.29 is 9.53 Å². The largest absolute Gasteiger partial charge is 0.491 e. The number of anilines is 1. The van der Waals surface area contributed by atoms with Gasteiger partial charge in [-0.2, -0.15) is 0 Å². The van der Waals surface area contributed by atoms with E-state index in [0.717, 1.165) is 32.5 Å². The molecule has 0 unspecified atom stereocenters. The van der Waals surface area contributed by atoms with Crippen molar-refractivity contribution in [2.45, 2.75) is 32.7 Å². The van der Waals surface area contributed by atoms with Crippen LogP contribution >= 0.6 is 34.5 Å². The first kappa shape index (κ1) is 23.0. The molecule has 3 aromatic rings. The number of amides is 1. The number of likely N-dealkylation sites (N-methyl/N-ethyl adjacent to an activating group) is 1. The molecule has 1 aromatic carbocycles. The summed E-state index contributed by atoms with van der Waals surface area (Å²) < 4.78 is 5.96. The van der Waals surface area contributed by atoms with Gasteiger partial charge in [0.05, 0.1) is 20.6 Å². The van der Waals surface area contributed by atoms with E-state index in [9.17, 15) is 4.79 Å². The zero-order valence-electron chi connectivity index (χ0n) is 18.0. The van der Waals surface area contributed by atoms with Crippen molar-refractivity contribution in [3.63, 3.8) is 0 Å². The number of nitrogens with two attached hydrogens (primary N) is 1. The van der Waals surface area contributed by atoms with Gasteiger partial charge in [0.15, 0.2) is 0 Å². The van der Waals surface area contributed by atoms with E-state index in [1.807, 2.05) is 0 Å². The molecule has 0 aliphatic heterocycles. The SMILES string of the molecule is CCN(CC)CCOc1cc(-c2nc(N)nc3sc(C(=O)NC4CC4)cc23)c(Cl)cc1Cl. The minimum atomic E-state index is -0.109. The summed E-state index contributed by atoms with van der Waals surface area (Å²) in [6, 6.07) is 5.47. The average Bonchev–Trinajstić information content (AvgIpc) is 3.47. The lowest BCUT2D eigenvalue weighted by atomic mass is 10.1. The summed E-state index contributed by atoms with van der Waals surface area (Å²) in [5, 5.41) is 4.55. The minimum absolute atomic E-state index is 0.109. The van der Waals surface area contributed by atoms with Crippen LogP contribution in [0.4, 0.5) is 5.95 Å². The lowest BCUT2D eigenvalue weighted by Gasteiger charge is -2.19. The fourth-order valence-electron chi connectivity index (χ4n) is 3.39. The third kappa shape index (κ3) is 5.09. The maximum absolute atomic E-state index is 12.5. The van der Waals surface area contributed by atoms with Crippen LogP contribution in [0.3, 0.4) is 0 Å². The van der Waals surface area contributed by atoms with E-state index in [2.05, 4.69) is 34.0 Å². The highest BCUT2D eigenvalue weighted by Gasteiger charge is 2.25. The van der Waals surface area contributed by atoms with Crippen LogP contribution in [-0.2, 0) is 0 Å². The first-order chi connectivity index (χ1) is 15.4. The van der Waals surface area contributed by atoms with Crippen LogP contribution in [0.1, 0.15) is 36.4 Å². The number of ether oxygens (including phenoxy) is 1. The molecule has 0 radical (unpaired) electrons. The number of carbonyl (C=O) groups excluding carboxylic acids is 1. The summed E-state index contributed by atoms with van der Waals surface area (Å²) in [5.74, 6) is 0.520. The molecular weight excluding hydrogens is 469 g/mol. The van der Waals surface area contributed by atoms with Gasteiger partial charge in [0, 0.05) is 23.5 Å². The summed E-state index contributed by atoms with van der Waals surface area (Å²) in [4.78, 5) is 24.7. The van der Waals surface area contributed by atoms with Gasteiger partial charge in [0.25, 0.3) is 5.91 Å². The molecule has 4 rings (SSSR count). The molecule has 2 aromatic heterocycles. The Morgan fingerprint density at radius 2 is 1.97 bits per heavy atom. The molecule has 0 atom stereocenters. The van der Waals surface area contributed by atoms with Crippen LogP contribution in [0.5, 0.6) is 5.75 Å². The highest BCUT2D eigenvalue weighted by Crippen LogP contribution is 2.40. The first-order valence-electron chi connectivity index (χ1n) is 10.6. The lowest BCUT2D eigenvalue weighted by molar-refractivity contribution is 0.0955. The van der Waals surface area contributed by atoms with Crippen LogP contribution in [0.15, 0.2) is 18.2 Å². The number of hydrogen-bond donors (Lipinski definition) is 2. The topological polar surface area (TPSA) is 93.4 Å². The molecule has 32 heavy (non-hydrogen) atoms. The third-order valence-corrected chi connectivity index (χ3v) is 7.02. The maximum Gasteiger partial charge on any atom is 0.261 e. The summed E-state index contributed by atoms with van der Waals surface area (Å²) in [7, 11) is 0. The average molecular weight is 494 g/mol. The lowest BCUT2D eigenvalue weighted by Crippen LogP contribution is -2.27.